The summed E-state index contributed by atoms with van der Waals surface area (Å²) in [4.78, 5) is 0. The maximum atomic E-state index is 5.72. The van der Waals surface area contributed by atoms with Gasteiger partial charge in [0.05, 0.1) is 11.4 Å². The molecule has 0 amide bonds. The van der Waals surface area contributed by atoms with Crippen LogP contribution in [0.5, 0.6) is 0 Å². The zero-order valence-corrected chi connectivity index (χ0v) is 8.33. The molecule has 0 aromatic carbocycles. The molecule has 1 fully saturated rings. The zero-order chi connectivity index (χ0) is 9.42. The predicted molar refractivity (Wildman–Crippen MR) is 53.3 cm³/mol. The smallest absolute Gasteiger partial charge is 0.0822 e. The molecule has 0 spiro atoms. The number of nitrogen functional groups attached to an aromatic ring is 1. The molecule has 2 rings (SSSR count). The number of hydrogen-bond acceptors (Lipinski definition) is 2. The van der Waals surface area contributed by atoms with E-state index in [-0.39, 0.29) is 0 Å². The molecule has 0 unspecified atom stereocenters. The average molecular weight is 179 g/mol. The molecule has 13 heavy (non-hydrogen) atoms. The fourth-order valence-corrected chi connectivity index (χ4v) is 1.90. The summed E-state index contributed by atoms with van der Waals surface area (Å²) in [6.07, 6.45) is 4.62. The first-order valence-corrected chi connectivity index (χ1v) is 5.00. The van der Waals surface area contributed by atoms with Gasteiger partial charge in [-0.2, -0.15) is 5.10 Å². The van der Waals surface area contributed by atoms with Gasteiger partial charge in [0.1, 0.15) is 0 Å². The highest BCUT2D eigenvalue weighted by atomic mass is 15.3. The molecule has 0 aliphatic heterocycles. The Labute approximate surface area is 78.9 Å². The van der Waals surface area contributed by atoms with Gasteiger partial charge < -0.3 is 5.73 Å². The van der Waals surface area contributed by atoms with Crippen LogP contribution in [0.4, 0.5) is 5.69 Å². The van der Waals surface area contributed by atoms with E-state index in [2.05, 4.69) is 12.0 Å². The van der Waals surface area contributed by atoms with Crippen molar-refractivity contribution in [2.24, 2.45) is 11.8 Å². The third-order valence-corrected chi connectivity index (χ3v) is 3.00. The zero-order valence-electron chi connectivity index (χ0n) is 8.33. The van der Waals surface area contributed by atoms with E-state index in [9.17, 15) is 0 Å². The molecule has 0 saturated heterocycles. The lowest BCUT2D eigenvalue weighted by molar-refractivity contribution is 0.523. The van der Waals surface area contributed by atoms with E-state index < -0.39 is 0 Å². The normalized spacial score (nSPS) is 26.3. The Morgan fingerprint density at radius 3 is 2.85 bits per heavy atom. The summed E-state index contributed by atoms with van der Waals surface area (Å²) in [6.45, 7) is 5.26. The van der Waals surface area contributed by atoms with Crippen LogP contribution >= 0.6 is 0 Å². The number of aryl methyl sites for hydroxylation is 1. The molecule has 0 radical (unpaired) electrons. The van der Waals surface area contributed by atoms with E-state index in [4.69, 9.17) is 5.73 Å². The van der Waals surface area contributed by atoms with Crippen molar-refractivity contribution in [3.63, 3.8) is 0 Å². The second kappa shape index (κ2) is 3.05. The van der Waals surface area contributed by atoms with Gasteiger partial charge in [-0.25, -0.2) is 0 Å². The fourth-order valence-electron chi connectivity index (χ4n) is 1.90. The molecule has 1 heterocycles. The van der Waals surface area contributed by atoms with Gasteiger partial charge in [0, 0.05) is 12.7 Å². The summed E-state index contributed by atoms with van der Waals surface area (Å²) >= 11 is 0. The molecule has 1 aliphatic carbocycles. The molecule has 72 valence electrons. The van der Waals surface area contributed by atoms with Crippen molar-refractivity contribution in [3.05, 3.63) is 11.9 Å². The Balaban J connectivity index is 1.95. The van der Waals surface area contributed by atoms with E-state index in [1.807, 2.05) is 17.8 Å². The first-order valence-electron chi connectivity index (χ1n) is 5.00. The van der Waals surface area contributed by atoms with Crippen LogP contribution in [0, 0.1) is 18.8 Å². The SMILES string of the molecule is CC[C@@H]1C[C@H]1Cn1cc(N)c(C)n1. The van der Waals surface area contributed by atoms with Gasteiger partial charge in [-0.1, -0.05) is 13.3 Å². The Bertz CT molecular complexity index is 284. The summed E-state index contributed by atoms with van der Waals surface area (Å²) in [6, 6.07) is 0. The Morgan fingerprint density at radius 2 is 2.38 bits per heavy atom. The van der Waals surface area contributed by atoms with E-state index in [1.54, 1.807) is 0 Å². The lowest BCUT2D eigenvalue weighted by Crippen LogP contribution is -2.01. The minimum absolute atomic E-state index is 0.814. The van der Waals surface area contributed by atoms with Gasteiger partial charge in [-0.3, -0.25) is 4.68 Å². The monoisotopic (exact) mass is 179 g/mol. The van der Waals surface area contributed by atoms with Crippen molar-refractivity contribution < 1.29 is 0 Å². The summed E-state index contributed by atoms with van der Waals surface area (Å²) in [5.74, 6) is 1.79. The highest BCUT2D eigenvalue weighted by Crippen LogP contribution is 2.42. The van der Waals surface area contributed by atoms with E-state index in [0.717, 1.165) is 29.8 Å². The van der Waals surface area contributed by atoms with Crippen molar-refractivity contribution in [1.29, 1.82) is 0 Å². The topological polar surface area (TPSA) is 43.8 Å². The second-order valence-corrected chi connectivity index (χ2v) is 4.06. The highest BCUT2D eigenvalue weighted by molar-refractivity contribution is 5.39. The fraction of sp³-hybridized carbons (Fsp3) is 0.700. The summed E-state index contributed by atoms with van der Waals surface area (Å²) in [7, 11) is 0. The largest absolute Gasteiger partial charge is 0.396 e. The molecule has 1 aliphatic rings. The van der Waals surface area contributed by atoms with Crippen molar-refractivity contribution >= 4 is 5.69 Å². The maximum Gasteiger partial charge on any atom is 0.0822 e. The summed E-state index contributed by atoms with van der Waals surface area (Å²) < 4.78 is 1.99. The Kier molecular flexibility index (Phi) is 2.02. The number of nitrogens with zero attached hydrogens (tertiary/aromatic N) is 2. The summed E-state index contributed by atoms with van der Waals surface area (Å²) in [5.41, 5.74) is 7.49. The maximum absolute atomic E-state index is 5.72. The first-order chi connectivity index (χ1) is 6.20. The molecule has 1 aromatic heterocycles. The van der Waals surface area contributed by atoms with Crippen LogP contribution < -0.4 is 5.73 Å². The number of hydrogen-bond donors (Lipinski definition) is 1. The number of nitrogens with two attached hydrogens (primary N) is 1. The predicted octanol–water partition coefficient (Wildman–Crippen LogP) is 1.82. The van der Waals surface area contributed by atoms with Crippen LogP contribution in [0.2, 0.25) is 0 Å². The average Bonchev–Trinajstić information content (AvgIpc) is 2.75. The molecule has 1 aromatic rings. The molecule has 0 bridgehead atoms. The van der Waals surface area contributed by atoms with Gasteiger partial charge in [0.2, 0.25) is 0 Å². The second-order valence-electron chi connectivity index (χ2n) is 4.06. The van der Waals surface area contributed by atoms with Crippen LogP contribution in [0.1, 0.15) is 25.5 Å². The highest BCUT2D eigenvalue weighted by Gasteiger charge is 2.35. The number of anilines is 1. The van der Waals surface area contributed by atoms with Crippen LogP contribution in [-0.4, -0.2) is 9.78 Å². The van der Waals surface area contributed by atoms with Crippen molar-refractivity contribution in [2.45, 2.75) is 33.2 Å². The number of rotatable bonds is 3. The molecule has 2 N–H and O–H groups in total. The minimum Gasteiger partial charge on any atom is -0.396 e. The lowest BCUT2D eigenvalue weighted by atomic mass is 10.2. The minimum atomic E-state index is 0.814. The van der Waals surface area contributed by atoms with Gasteiger partial charge in [-0.05, 0) is 25.2 Å². The van der Waals surface area contributed by atoms with E-state index >= 15 is 0 Å². The number of aromatic nitrogens is 2. The van der Waals surface area contributed by atoms with Crippen molar-refractivity contribution in [1.82, 2.24) is 9.78 Å². The molecule has 2 atom stereocenters. The van der Waals surface area contributed by atoms with Crippen LogP contribution in [0.3, 0.4) is 0 Å². The lowest BCUT2D eigenvalue weighted by Gasteiger charge is -1.98. The molecule has 3 heteroatoms. The molecule has 1 saturated carbocycles. The van der Waals surface area contributed by atoms with Gasteiger partial charge in [0.25, 0.3) is 0 Å². The van der Waals surface area contributed by atoms with Crippen LogP contribution in [-0.2, 0) is 6.54 Å². The molecule has 3 nitrogen and oxygen atoms in total. The van der Waals surface area contributed by atoms with Crippen LogP contribution in [0.25, 0.3) is 0 Å². The van der Waals surface area contributed by atoms with Gasteiger partial charge in [-0.15, -0.1) is 0 Å². The van der Waals surface area contributed by atoms with Crippen LogP contribution in [0.15, 0.2) is 6.20 Å². The standard InChI is InChI=1S/C10H17N3/c1-3-8-4-9(8)5-13-6-10(11)7(2)12-13/h6,8-9H,3-5,11H2,1-2H3/t8-,9+/m1/s1. The molecular weight excluding hydrogens is 162 g/mol. The third kappa shape index (κ3) is 1.69. The van der Waals surface area contributed by atoms with Gasteiger partial charge in [0.15, 0.2) is 0 Å². The Morgan fingerprint density at radius 1 is 1.62 bits per heavy atom. The van der Waals surface area contributed by atoms with E-state index in [0.29, 0.717) is 0 Å². The van der Waals surface area contributed by atoms with Crippen molar-refractivity contribution in [2.75, 3.05) is 5.73 Å². The van der Waals surface area contributed by atoms with Crippen molar-refractivity contribution in [3.8, 4) is 0 Å². The third-order valence-electron chi connectivity index (χ3n) is 3.00. The quantitative estimate of drug-likeness (QED) is 0.769. The Hall–Kier alpha value is -0.990. The van der Waals surface area contributed by atoms with E-state index in [1.165, 1.54) is 12.8 Å². The summed E-state index contributed by atoms with van der Waals surface area (Å²) in [5, 5.41) is 4.35. The first kappa shape index (κ1) is 8.60. The van der Waals surface area contributed by atoms with Gasteiger partial charge >= 0.3 is 0 Å². The molecular formula is C10H17N3.